The molecule has 1 fully saturated rings. The number of benzene rings is 2. The smallest absolute Gasteiger partial charge is 0.261 e. The average Bonchev–Trinajstić information content (AvgIpc) is 2.79. The molecular formula is C26H34N2O3. The third kappa shape index (κ3) is 6.58. The topological polar surface area (TPSA) is 58.6 Å². The van der Waals surface area contributed by atoms with Crippen molar-refractivity contribution in [3.05, 3.63) is 65.7 Å². The Labute approximate surface area is 185 Å². The van der Waals surface area contributed by atoms with Crippen LogP contribution in [0, 0.1) is 6.92 Å². The van der Waals surface area contributed by atoms with E-state index in [0.717, 1.165) is 36.8 Å². The predicted octanol–water partition coefficient (Wildman–Crippen LogP) is 4.63. The average molecular weight is 423 g/mol. The number of nitrogens with one attached hydrogen (secondary N) is 1. The normalized spacial score (nSPS) is 15.2. The Morgan fingerprint density at radius 3 is 2.39 bits per heavy atom. The minimum Gasteiger partial charge on any atom is -0.484 e. The highest BCUT2D eigenvalue weighted by molar-refractivity contribution is 5.88. The van der Waals surface area contributed by atoms with Gasteiger partial charge in [-0.2, -0.15) is 0 Å². The summed E-state index contributed by atoms with van der Waals surface area (Å²) in [6.07, 6.45) is 6.13. The van der Waals surface area contributed by atoms with E-state index in [1.807, 2.05) is 68.4 Å². The van der Waals surface area contributed by atoms with E-state index in [-0.39, 0.29) is 24.5 Å². The van der Waals surface area contributed by atoms with Crippen LogP contribution in [0.15, 0.2) is 54.6 Å². The summed E-state index contributed by atoms with van der Waals surface area (Å²) in [7, 11) is 0. The first-order valence-electron chi connectivity index (χ1n) is 11.4. The lowest BCUT2D eigenvalue weighted by molar-refractivity contribution is -0.143. The zero-order chi connectivity index (χ0) is 22.1. The molecule has 1 aliphatic rings. The second kappa shape index (κ2) is 11.5. The van der Waals surface area contributed by atoms with E-state index in [1.54, 1.807) is 4.90 Å². The van der Waals surface area contributed by atoms with Gasteiger partial charge in [0.2, 0.25) is 5.91 Å². The van der Waals surface area contributed by atoms with Gasteiger partial charge in [0.1, 0.15) is 11.8 Å². The summed E-state index contributed by atoms with van der Waals surface area (Å²) in [5, 5.41) is 3.20. The van der Waals surface area contributed by atoms with Gasteiger partial charge >= 0.3 is 0 Å². The SMILES string of the molecule is CC[C@@H](C(=O)NC1CCCCC1)N(Cc1ccccc1)C(=O)COc1ccccc1C. The van der Waals surface area contributed by atoms with Crippen LogP contribution in [0.5, 0.6) is 5.75 Å². The van der Waals surface area contributed by atoms with Crippen molar-refractivity contribution in [2.45, 2.75) is 71.0 Å². The highest BCUT2D eigenvalue weighted by Gasteiger charge is 2.30. The summed E-state index contributed by atoms with van der Waals surface area (Å²) in [6.45, 7) is 4.20. The van der Waals surface area contributed by atoms with Gasteiger partial charge in [-0.3, -0.25) is 9.59 Å². The molecule has 1 N–H and O–H groups in total. The quantitative estimate of drug-likeness (QED) is 0.641. The fraction of sp³-hybridized carbons (Fsp3) is 0.462. The Hall–Kier alpha value is -2.82. The van der Waals surface area contributed by atoms with Crippen LogP contribution in [0.4, 0.5) is 0 Å². The number of nitrogens with zero attached hydrogens (tertiary/aromatic N) is 1. The van der Waals surface area contributed by atoms with Crippen LogP contribution in [0.1, 0.15) is 56.6 Å². The molecule has 5 heteroatoms. The van der Waals surface area contributed by atoms with Gasteiger partial charge < -0.3 is 15.0 Å². The van der Waals surface area contributed by atoms with E-state index in [1.165, 1.54) is 6.42 Å². The molecule has 3 rings (SSSR count). The molecule has 0 bridgehead atoms. The number of hydrogen-bond acceptors (Lipinski definition) is 3. The monoisotopic (exact) mass is 422 g/mol. The second-order valence-electron chi connectivity index (χ2n) is 8.33. The molecule has 166 valence electrons. The molecular weight excluding hydrogens is 388 g/mol. The fourth-order valence-corrected chi connectivity index (χ4v) is 4.18. The second-order valence-corrected chi connectivity index (χ2v) is 8.33. The molecule has 1 saturated carbocycles. The van der Waals surface area contributed by atoms with Crippen molar-refractivity contribution in [3.8, 4) is 5.75 Å². The summed E-state index contributed by atoms with van der Waals surface area (Å²) in [6, 6.07) is 17.1. The number of amides is 2. The van der Waals surface area contributed by atoms with Gasteiger partial charge in [-0.05, 0) is 43.4 Å². The maximum atomic E-state index is 13.3. The standard InChI is InChI=1S/C26H34N2O3/c1-3-23(26(30)27-22-15-8-5-9-16-22)28(18-21-13-6-4-7-14-21)25(29)19-31-24-17-11-10-12-20(24)2/h4,6-7,10-14,17,22-23H,3,5,8-9,15-16,18-19H2,1-2H3,(H,27,30)/t23-/m0/s1. The molecule has 1 aliphatic carbocycles. The number of aryl methyl sites for hydroxylation is 1. The van der Waals surface area contributed by atoms with Crippen molar-refractivity contribution in [1.82, 2.24) is 10.2 Å². The van der Waals surface area contributed by atoms with Crippen molar-refractivity contribution in [2.24, 2.45) is 0 Å². The summed E-state index contributed by atoms with van der Waals surface area (Å²) in [5.74, 6) is 0.447. The molecule has 2 aromatic carbocycles. The van der Waals surface area contributed by atoms with Gasteiger partial charge in [0.15, 0.2) is 6.61 Å². The lowest BCUT2D eigenvalue weighted by Crippen LogP contribution is -2.52. The fourth-order valence-electron chi connectivity index (χ4n) is 4.18. The first-order chi connectivity index (χ1) is 15.1. The van der Waals surface area contributed by atoms with Crippen LogP contribution in [0.2, 0.25) is 0 Å². The van der Waals surface area contributed by atoms with Crippen molar-refractivity contribution in [1.29, 1.82) is 0 Å². The van der Waals surface area contributed by atoms with E-state index in [0.29, 0.717) is 18.7 Å². The molecule has 2 amide bonds. The zero-order valence-electron chi connectivity index (χ0n) is 18.7. The molecule has 0 aromatic heterocycles. The Bertz CT molecular complexity index is 847. The number of rotatable bonds is 9. The summed E-state index contributed by atoms with van der Waals surface area (Å²) < 4.78 is 5.82. The molecule has 2 aromatic rings. The Morgan fingerprint density at radius 1 is 1.03 bits per heavy atom. The van der Waals surface area contributed by atoms with Crippen molar-refractivity contribution < 1.29 is 14.3 Å². The predicted molar refractivity (Wildman–Crippen MR) is 123 cm³/mol. The Morgan fingerprint density at radius 2 is 1.71 bits per heavy atom. The number of ether oxygens (including phenoxy) is 1. The van der Waals surface area contributed by atoms with Crippen LogP contribution < -0.4 is 10.1 Å². The number of hydrogen-bond donors (Lipinski definition) is 1. The molecule has 0 spiro atoms. The van der Waals surface area contributed by atoms with Crippen LogP contribution in [-0.4, -0.2) is 35.4 Å². The minimum atomic E-state index is -0.518. The van der Waals surface area contributed by atoms with Gasteiger partial charge in [0, 0.05) is 12.6 Å². The van der Waals surface area contributed by atoms with E-state index in [2.05, 4.69) is 5.32 Å². The first kappa shape index (κ1) is 22.9. The van der Waals surface area contributed by atoms with E-state index in [9.17, 15) is 9.59 Å². The van der Waals surface area contributed by atoms with E-state index < -0.39 is 6.04 Å². The third-order valence-corrected chi connectivity index (χ3v) is 5.98. The van der Waals surface area contributed by atoms with Crippen LogP contribution in [0.3, 0.4) is 0 Å². The van der Waals surface area contributed by atoms with Crippen LogP contribution >= 0.6 is 0 Å². The van der Waals surface area contributed by atoms with Gasteiger partial charge in [0.25, 0.3) is 5.91 Å². The van der Waals surface area contributed by atoms with E-state index >= 15 is 0 Å². The lowest BCUT2D eigenvalue weighted by Gasteiger charge is -2.32. The molecule has 0 radical (unpaired) electrons. The van der Waals surface area contributed by atoms with Crippen LogP contribution in [-0.2, 0) is 16.1 Å². The molecule has 0 unspecified atom stereocenters. The lowest BCUT2D eigenvalue weighted by atomic mass is 9.95. The highest BCUT2D eigenvalue weighted by atomic mass is 16.5. The van der Waals surface area contributed by atoms with Crippen molar-refractivity contribution in [3.63, 3.8) is 0 Å². The molecule has 0 heterocycles. The minimum absolute atomic E-state index is 0.0606. The molecule has 5 nitrogen and oxygen atoms in total. The molecule has 1 atom stereocenters. The zero-order valence-corrected chi connectivity index (χ0v) is 18.7. The maximum absolute atomic E-state index is 13.3. The van der Waals surface area contributed by atoms with Crippen molar-refractivity contribution in [2.75, 3.05) is 6.61 Å². The van der Waals surface area contributed by atoms with Gasteiger partial charge in [-0.1, -0.05) is 74.7 Å². The third-order valence-electron chi connectivity index (χ3n) is 5.98. The number of carbonyl (C=O) groups is 2. The molecule has 0 saturated heterocycles. The van der Waals surface area contributed by atoms with Gasteiger partial charge in [-0.25, -0.2) is 0 Å². The van der Waals surface area contributed by atoms with Gasteiger partial charge in [-0.15, -0.1) is 0 Å². The largest absolute Gasteiger partial charge is 0.484 e. The molecule has 0 aliphatic heterocycles. The Balaban J connectivity index is 1.73. The molecule has 31 heavy (non-hydrogen) atoms. The van der Waals surface area contributed by atoms with E-state index in [4.69, 9.17) is 4.74 Å². The first-order valence-corrected chi connectivity index (χ1v) is 11.4. The Kier molecular flexibility index (Phi) is 8.51. The summed E-state index contributed by atoms with van der Waals surface area (Å²) in [5.41, 5.74) is 1.97. The highest BCUT2D eigenvalue weighted by Crippen LogP contribution is 2.20. The summed E-state index contributed by atoms with van der Waals surface area (Å²) in [4.78, 5) is 28.1. The maximum Gasteiger partial charge on any atom is 0.261 e. The van der Waals surface area contributed by atoms with Crippen LogP contribution in [0.25, 0.3) is 0 Å². The van der Waals surface area contributed by atoms with Gasteiger partial charge in [0.05, 0.1) is 0 Å². The number of para-hydroxylation sites is 1. The van der Waals surface area contributed by atoms with Crippen molar-refractivity contribution >= 4 is 11.8 Å². The summed E-state index contributed by atoms with van der Waals surface area (Å²) >= 11 is 0. The number of carbonyl (C=O) groups excluding carboxylic acids is 2.